The van der Waals surface area contributed by atoms with Crippen molar-refractivity contribution in [2.45, 2.75) is 38.3 Å². The average molecular weight is 261 g/mol. The van der Waals surface area contributed by atoms with Gasteiger partial charge in [0.2, 0.25) is 0 Å². The van der Waals surface area contributed by atoms with Gasteiger partial charge in [-0.2, -0.15) is 0 Å². The van der Waals surface area contributed by atoms with E-state index in [2.05, 4.69) is 11.0 Å². The van der Waals surface area contributed by atoms with Crippen molar-refractivity contribution in [3.05, 3.63) is 35.1 Å². The van der Waals surface area contributed by atoms with E-state index in [1.807, 2.05) is 6.07 Å². The van der Waals surface area contributed by atoms with Crippen LogP contribution in [0.5, 0.6) is 0 Å². The second kappa shape index (κ2) is 4.29. The fourth-order valence-corrected chi connectivity index (χ4v) is 4.16. The molecule has 4 rings (SSSR count). The Morgan fingerprint density at radius 2 is 2.26 bits per heavy atom. The van der Waals surface area contributed by atoms with E-state index in [1.54, 1.807) is 6.07 Å². The first-order chi connectivity index (χ1) is 9.28. The summed E-state index contributed by atoms with van der Waals surface area (Å²) in [6.45, 7) is 3.69. The summed E-state index contributed by atoms with van der Waals surface area (Å²) in [4.78, 5) is 2.50. The molecule has 2 aliphatic heterocycles. The minimum atomic E-state index is -0.0294. The lowest BCUT2D eigenvalue weighted by Crippen LogP contribution is -2.56. The van der Waals surface area contributed by atoms with E-state index in [1.165, 1.54) is 24.8 Å². The molecule has 0 N–H and O–H groups in total. The first-order valence-electron chi connectivity index (χ1n) is 7.37. The number of benzene rings is 1. The average Bonchev–Trinajstić information content (AvgIpc) is 2.90. The number of hydrogen-bond acceptors (Lipinski definition) is 2. The van der Waals surface area contributed by atoms with E-state index in [0.29, 0.717) is 11.5 Å². The first kappa shape index (κ1) is 11.9. The SMILES string of the molecule is Fc1cccc2c1CN([C@H]1CC[C@]13CCOC3)CC2. The summed E-state index contributed by atoms with van der Waals surface area (Å²) in [5.41, 5.74) is 2.52. The Morgan fingerprint density at radius 1 is 1.32 bits per heavy atom. The fourth-order valence-electron chi connectivity index (χ4n) is 4.16. The van der Waals surface area contributed by atoms with Crippen molar-refractivity contribution >= 4 is 0 Å². The summed E-state index contributed by atoms with van der Waals surface area (Å²) in [6.07, 6.45) is 4.73. The molecule has 19 heavy (non-hydrogen) atoms. The molecule has 1 saturated heterocycles. The molecule has 2 nitrogen and oxygen atoms in total. The quantitative estimate of drug-likeness (QED) is 0.770. The number of hydrogen-bond donors (Lipinski definition) is 0. The molecule has 2 heterocycles. The standard InChI is InChI=1S/C16H20FNO/c17-14-3-1-2-12-5-8-18(10-13(12)14)15-4-6-16(15)7-9-19-11-16/h1-3,15H,4-11H2/t15-,16+/m0/s1. The Labute approximate surface area is 113 Å². The lowest BCUT2D eigenvalue weighted by atomic mass is 9.63. The normalized spacial score (nSPS) is 34.3. The summed E-state index contributed by atoms with van der Waals surface area (Å²) in [5.74, 6) is -0.0294. The van der Waals surface area contributed by atoms with Gasteiger partial charge in [0.05, 0.1) is 6.61 Å². The Hall–Kier alpha value is -0.930. The van der Waals surface area contributed by atoms with E-state index >= 15 is 0 Å². The predicted molar refractivity (Wildman–Crippen MR) is 71.4 cm³/mol. The Bertz CT molecular complexity index is 496. The van der Waals surface area contributed by atoms with Crippen LogP contribution in [0.25, 0.3) is 0 Å². The van der Waals surface area contributed by atoms with Gasteiger partial charge in [-0.1, -0.05) is 12.1 Å². The van der Waals surface area contributed by atoms with E-state index < -0.39 is 0 Å². The minimum absolute atomic E-state index is 0.0294. The zero-order chi connectivity index (χ0) is 12.9. The molecule has 0 bridgehead atoms. The van der Waals surface area contributed by atoms with Crippen molar-refractivity contribution < 1.29 is 9.13 Å². The van der Waals surface area contributed by atoms with E-state index in [4.69, 9.17) is 4.74 Å². The van der Waals surface area contributed by atoms with Crippen molar-refractivity contribution in [2.24, 2.45) is 5.41 Å². The van der Waals surface area contributed by atoms with Crippen molar-refractivity contribution in [3.8, 4) is 0 Å². The van der Waals surface area contributed by atoms with Crippen molar-refractivity contribution in [3.63, 3.8) is 0 Å². The molecule has 0 amide bonds. The van der Waals surface area contributed by atoms with Crippen LogP contribution in [0.3, 0.4) is 0 Å². The smallest absolute Gasteiger partial charge is 0.127 e. The number of nitrogens with zero attached hydrogens (tertiary/aromatic N) is 1. The molecule has 2 atom stereocenters. The van der Waals surface area contributed by atoms with Crippen molar-refractivity contribution in [1.29, 1.82) is 0 Å². The highest BCUT2D eigenvalue weighted by molar-refractivity contribution is 5.31. The molecule has 3 heteroatoms. The first-order valence-corrected chi connectivity index (χ1v) is 7.37. The van der Waals surface area contributed by atoms with E-state index in [9.17, 15) is 4.39 Å². The third-order valence-electron chi connectivity index (χ3n) is 5.44. The molecule has 1 spiro atoms. The second-order valence-electron chi connectivity index (χ2n) is 6.32. The maximum absolute atomic E-state index is 13.9. The van der Waals surface area contributed by atoms with Crippen LogP contribution in [0.15, 0.2) is 18.2 Å². The maximum atomic E-state index is 13.9. The summed E-state index contributed by atoms with van der Waals surface area (Å²) in [7, 11) is 0. The van der Waals surface area contributed by atoms with Crippen molar-refractivity contribution in [2.75, 3.05) is 19.8 Å². The summed E-state index contributed by atoms with van der Waals surface area (Å²) in [5, 5.41) is 0. The molecule has 0 unspecified atom stereocenters. The molecule has 1 aromatic rings. The zero-order valence-electron chi connectivity index (χ0n) is 11.2. The maximum Gasteiger partial charge on any atom is 0.127 e. The predicted octanol–water partition coefficient (Wildman–Crippen LogP) is 2.75. The molecular formula is C16H20FNO. The number of ether oxygens (including phenoxy) is 1. The molecular weight excluding hydrogens is 241 g/mol. The van der Waals surface area contributed by atoms with Crippen LogP contribution >= 0.6 is 0 Å². The van der Waals surface area contributed by atoms with Gasteiger partial charge in [-0.25, -0.2) is 4.39 Å². The van der Waals surface area contributed by atoms with E-state index in [0.717, 1.165) is 38.3 Å². The Morgan fingerprint density at radius 3 is 3.00 bits per heavy atom. The van der Waals surface area contributed by atoms with Gasteiger partial charge in [-0.3, -0.25) is 4.90 Å². The lowest BCUT2D eigenvalue weighted by molar-refractivity contribution is -0.0391. The van der Waals surface area contributed by atoms with Crippen molar-refractivity contribution in [1.82, 2.24) is 4.90 Å². The molecule has 0 radical (unpaired) electrons. The second-order valence-corrected chi connectivity index (χ2v) is 6.32. The Kier molecular flexibility index (Phi) is 2.68. The van der Waals surface area contributed by atoms with Gasteiger partial charge in [-0.05, 0) is 37.3 Å². The van der Waals surface area contributed by atoms with Crippen LogP contribution in [0.1, 0.15) is 30.4 Å². The lowest BCUT2D eigenvalue weighted by Gasteiger charge is -2.53. The number of rotatable bonds is 1. The van der Waals surface area contributed by atoms with Gasteiger partial charge in [0, 0.05) is 36.7 Å². The summed E-state index contributed by atoms with van der Waals surface area (Å²) < 4.78 is 19.6. The van der Waals surface area contributed by atoms with Gasteiger partial charge in [0.15, 0.2) is 0 Å². The molecule has 1 aliphatic carbocycles. The largest absolute Gasteiger partial charge is 0.381 e. The molecule has 102 valence electrons. The van der Waals surface area contributed by atoms with Gasteiger partial charge >= 0.3 is 0 Å². The third kappa shape index (κ3) is 1.75. The summed E-state index contributed by atoms with van der Waals surface area (Å²) in [6, 6.07) is 6.12. The van der Waals surface area contributed by atoms with E-state index in [-0.39, 0.29) is 5.82 Å². The topological polar surface area (TPSA) is 12.5 Å². The third-order valence-corrected chi connectivity index (χ3v) is 5.44. The summed E-state index contributed by atoms with van der Waals surface area (Å²) >= 11 is 0. The van der Waals surface area contributed by atoms with Crippen LogP contribution in [0.2, 0.25) is 0 Å². The highest BCUT2D eigenvalue weighted by atomic mass is 19.1. The van der Waals surface area contributed by atoms with Gasteiger partial charge in [-0.15, -0.1) is 0 Å². The van der Waals surface area contributed by atoms with Gasteiger partial charge < -0.3 is 4.74 Å². The highest BCUT2D eigenvalue weighted by Gasteiger charge is 2.51. The number of fused-ring (bicyclic) bond motifs is 1. The van der Waals surface area contributed by atoms with Crippen LogP contribution < -0.4 is 0 Å². The molecule has 0 aromatic heterocycles. The minimum Gasteiger partial charge on any atom is -0.381 e. The number of halogens is 1. The van der Waals surface area contributed by atoms with Crippen LogP contribution in [0, 0.1) is 11.2 Å². The monoisotopic (exact) mass is 261 g/mol. The van der Waals surface area contributed by atoms with Crippen LogP contribution in [0.4, 0.5) is 4.39 Å². The van der Waals surface area contributed by atoms with Gasteiger partial charge in [0.1, 0.15) is 5.82 Å². The molecule has 3 aliphatic rings. The fraction of sp³-hybridized carbons (Fsp3) is 0.625. The van der Waals surface area contributed by atoms with Crippen LogP contribution in [-0.2, 0) is 17.7 Å². The Balaban J connectivity index is 1.57. The molecule has 1 aromatic carbocycles. The highest BCUT2D eigenvalue weighted by Crippen LogP contribution is 2.50. The molecule has 2 fully saturated rings. The zero-order valence-corrected chi connectivity index (χ0v) is 11.2. The van der Waals surface area contributed by atoms with Crippen LogP contribution in [-0.4, -0.2) is 30.7 Å². The van der Waals surface area contributed by atoms with Gasteiger partial charge in [0.25, 0.3) is 0 Å². The molecule has 1 saturated carbocycles.